The minimum Gasteiger partial charge on any atom is -0.496 e. The predicted octanol–water partition coefficient (Wildman–Crippen LogP) is 0.846. The highest BCUT2D eigenvalue weighted by atomic mass is 16.5. The van der Waals surface area contributed by atoms with E-state index in [2.05, 4.69) is 29.5 Å². The van der Waals surface area contributed by atoms with Crippen molar-refractivity contribution in [3.05, 3.63) is 30.0 Å². The molecule has 3 fully saturated rings. The molecular formula is C26H32N4O6. The molecule has 3 amide bonds. The predicted molar refractivity (Wildman–Crippen MR) is 130 cm³/mol. The standard InChI is InChI=1S/C26H32N4O6/c1-26(2)15-11-30(25(35)18-10-14-16(28-18)5-4-6-20(14)36-3)22(21(15)26)24(34)29-17(19(32)12-31)9-13-7-8-27-23(13)33/h4-6,10,13,15,17,21-22,28,31H,7-9,11-12H2,1-3H3,(H,27,33)(H,29,34). The maximum atomic E-state index is 13.6. The number of nitrogens with one attached hydrogen (secondary N) is 3. The van der Waals surface area contributed by atoms with Crippen molar-refractivity contribution in [1.29, 1.82) is 0 Å². The van der Waals surface area contributed by atoms with Crippen molar-refractivity contribution in [3.63, 3.8) is 0 Å². The summed E-state index contributed by atoms with van der Waals surface area (Å²) in [6, 6.07) is 5.49. The molecule has 10 heteroatoms. The number of aliphatic hydroxyl groups is 1. The van der Waals surface area contributed by atoms with Gasteiger partial charge in [0.15, 0.2) is 5.78 Å². The summed E-state index contributed by atoms with van der Waals surface area (Å²) in [6.07, 6.45) is 0.691. The normalized spacial score (nSPS) is 26.9. The van der Waals surface area contributed by atoms with Gasteiger partial charge in [-0.1, -0.05) is 19.9 Å². The van der Waals surface area contributed by atoms with E-state index in [-0.39, 0.29) is 35.5 Å². The number of rotatable bonds is 8. The minimum absolute atomic E-state index is 0.0416. The molecule has 1 saturated carbocycles. The highest BCUT2D eigenvalue weighted by Crippen LogP contribution is 2.65. The van der Waals surface area contributed by atoms with Gasteiger partial charge in [-0.25, -0.2) is 0 Å². The second-order valence-electron chi connectivity index (χ2n) is 10.7. The molecule has 1 aliphatic carbocycles. The van der Waals surface area contributed by atoms with Crippen LogP contribution in [-0.4, -0.2) is 77.4 Å². The molecule has 2 aliphatic heterocycles. The smallest absolute Gasteiger partial charge is 0.271 e. The third kappa shape index (κ3) is 3.93. The Morgan fingerprint density at radius 2 is 2.08 bits per heavy atom. The number of H-pyrrole nitrogens is 1. The van der Waals surface area contributed by atoms with Gasteiger partial charge in [0.1, 0.15) is 24.1 Å². The molecule has 0 spiro atoms. The average Bonchev–Trinajstić information content (AvgIpc) is 3.38. The molecule has 192 valence electrons. The van der Waals surface area contributed by atoms with E-state index in [0.29, 0.717) is 31.0 Å². The number of likely N-dealkylation sites (tertiary alicyclic amines) is 1. The third-order valence-corrected chi connectivity index (χ3v) is 8.36. The van der Waals surface area contributed by atoms with E-state index in [4.69, 9.17) is 4.74 Å². The van der Waals surface area contributed by atoms with E-state index in [9.17, 15) is 24.3 Å². The molecule has 0 radical (unpaired) electrons. The fourth-order valence-corrected chi connectivity index (χ4v) is 6.16. The number of hydrogen-bond acceptors (Lipinski definition) is 6. The Labute approximate surface area is 208 Å². The van der Waals surface area contributed by atoms with E-state index in [1.165, 1.54) is 0 Å². The van der Waals surface area contributed by atoms with E-state index in [1.54, 1.807) is 18.1 Å². The van der Waals surface area contributed by atoms with Crippen molar-refractivity contribution in [2.45, 2.75) is 38.8 Å². The fraction of sp³-hybridized carbons (Fsp3) is 0.538. The first-order valence-corrected chi connectivity index (χ1v) is 12.4. The minimum atomic E-state index is -0.994. The van der Waals surface area contributed by atoms with E-state index >= 15 is 0 Å². The summed E-state index contributed by atoms with van der Waals surface area (Å²) in [7, 11) is 1.57. The summed E-state index contributed by atoms with van der Waals surface area (Å²) in [5, 5.41) is 15.8. The van der Waals surface area contributed by atoms with Crippen LogP contribution >= 0.6 is 0 Å². The van der Waals surface area contributed by atoms with Crippen molar-refractivity contribution >= 4 is 34.4 Å². The molecule has 10 nitrogen and oxygen atoms in total. The van der Waals surface area contributed by atoms with Gasteiger partial charge in [0.2, 0.25) is 11.8 Å². The van der Waals surface area contributed by atoms with Gasteiger partial charge >= 0.3 is 0 Å². The summed E-state index contributed by atoms with van der Waals surface area (Å²) in [5.41, 5.74) is 1.01. The molecule has 0 bridgehead atoms. The van der Waals surface area contributed by atoms with Crippen molar-refractivity contribution in [1.82, 2.24) is 20.5 Å². The van der Waals surface area contributed by atoms with Crippen LogP contribution in [0.5, 0.6) is 5.75 Å². The summed E-state index contributed by atoms with van der Waals surface area (Å²) in [5.74, 6) is -1.06. The number of ether oxygens (including phenoxy) is 1. The molecule has 4 N–H and O–H groups in total. The summed E-state index contributed by atoms with van der Waals surface area (Å²) >= 11 is 0. The first-order valence-electron chi connectivity index (χ1n) is 12.4. The molecule has 3 heterocycles. The van der Waals surface area contributed by atoms with Gasteiger partial charge in [-0.15, -0.1) is 0 Å². The maximum Gasteiger partial charge on any atom is 0.271 e. The molecule has 5 rings (SSSR count). The largest absolute Gasteiger partial charge is 0.496 e. The monoisotopic (exact) mass is 496 g/mol. The van der Waals surface area contributed by atoms with Crippen LogP contribution in [0.3, 0.4) is 0 Å². The van der Waals surface area contributed by atoms with Gasteiger partial charge in [-0.05, 0) is 48.3 Å². The average molecular weight is 497 g/mol. The van der Waals surface area contributed by atoms with Crippen molar-refractivity contribution in [3.8, 4) is 5.75 Å². The number of aromatic amines is 1. The molecule has 3 aliphatic rings. The first-order chi connectivity index (χ1) is 17.2. The molecule has 5 atom stereocenters. The molecule has 5 unspecified atom stereocenters. The molecule has 2 aromatic rings. The van der Waals surface area contributed by atoms with Crippen molar-refractivity contribution in [2.75, 3.05) is 26.8 Å². The number of aliphatic hydroxyl groups excluding tert-OH is 1. The Morgan fingerprint density at radius 1 is 1.31 bits per heavy atom. The van der Waals surface area contributed by atoms with Gasteiger partial charge in [0, 0.05) is 29.9 Å². The lowest BCUT2D eigenvalue weighted by atomic mass is 9.95. The molecular weight excluding hydrogens is 464 g/mol. The lowest BCUT2D eigenvalue weighted by Gasteiger charge is -2.31. The molecule has 36 heavy (non-hydrogen) atoms. The third-order valence-electron chi connectivity index (χ3n) is 8.36. The van der Waals surface area contributed by atoms with Gasteiger partial charge in [0.05, 0.1) is 13.2 Å². The van der Waals surface area contributed by atoms with Crippen LogP contribution < -0.4 is 15.4 Å². The van der Waals surface area contributed by atoms with E-state index < -0.39 is 36.3 Å². The lowest BCUT2D eigenvalue weighted by molar-refractivity contribution is -0.133. The van der Waals surface area contributed by atoms with Crippen LogP contribution in [0.25, 0.3) is 10.9 Å². The first kappa shape index (κ1) is 24.3. The number of methoxy groups -OCH3 is 1. The number of piperidine rings is 1. The topological polar surface area (TPSA) is 141 Å². The van der Waals surface area contributed by atoms with E-state index in [0.717, 1.165) is 10.9 Å². The number of fused-ring (bicyclic) bond motifs is 2. The number of aromatic nitrogens is 1. The van der Waals surface area contributed by atoms with Gasteiger partial charge in [-0.2, -0.15) is 0 Å². The van der Waals surface area contributed by atoms with Crippen LogP contribution in [0, 0.1) is 23.2 Å². The number of nitrogens with zero attached hydrogens (tertiary/aromatic N) is 1. The Morgan fingerprint density at radius 3 is 2.75 bits per heavy atom. The zero-order valence-electron chi connectivity index (χ0n) is 20.7. The second-order valence-corrected chi connectivity index (χ2v) is 10.7. The highest BCUT2D eigenvalue weighted by molar-refractivity contribution is 6.02. The molecule has 2 saturated heterocycles. The summed E-state index contributed by atoms with van der Waals surface area (Å²) < 4.78 is 5.41. The van der Waals surface area contributed by atoms with E-state index in [1.807, 2.05) is 18.2 Å². The number of benzene rings is 1. The fourth-order valence-electron chi connectivity index (χ4n) is 6.16. The van der Waals surface area contributed by atoms with Gasteiger partial charge < -0.3 is 30.4 Å². The maximum absolute atomic E-state index is 13.6. The van der Waals surface area contributed by atoms with Crippen molar-refractivity contribution < 1.29 is 29.0 Å². The quantitative estimate of drug-likeness (QED) is 0.427. The number of Topliss-reactive ketones (excluding diaryl/α,β-unsaturated/α-hetero) is 1. The van der Waals surface area contributed by atoms with Crippen molar-refractivity contribution in [2.24, 2.45) is 23.2 Å². The highest BCUT2D eigenvalue weighted by Gasteiger charge is 2.69. The van der Waals surface area contributed by atoms with Crippen LogP contribution in [0.2, 0.25) is 0 Å². The zero-order valence-corrected chi connectivity index (χ0v) is 20.7. The summed E-state index contributed by atoms with van der Waals surface area (Å²) in [6.45, 7) is 4.39. The molecule has 1 aromatic heterocycles. The lowest BCUT2D eigenvalue weighted by Crippen LogP contribution is -2.54. The Hall–Kier alpha value is -3.40. The SMILES string of the molecule is COc1cccc2[nH]c(C(=O)N3CC4C(C3C(=O)NC(CC3CCNC3=O)C(=O)CO)C4(C)C)cc12. The zero-order chi connectivity index (χ0) is 25.8. The summed E-state index contributed by atoms with van der Waals surface area (Å²) in [4.78, 5) is 56.5. The number of ketones is 1. The van der Waals surface area contributed by atoms with Gasteiger partial charge in [-0.3, -0.25) is 19.2 Å². The Kier molecular flexibility index (Phi) is 6.02. The van der Waals surface area contributed by atoms with Crippen LogP contribution in [0.4, 0.5) is 0 Å². The molecule has 1 aromatic carbocycles. The number of carbonyl (C=O) groups is 4. The van der Waals surface area contributed by atoms with Crippen LogP contribution in [-0.2, 0) is 14.4 Å². The number of hydrogen-bond donors (Lipinski definition) is 4. The Bertz CT molecular complexity index is 1240. The number of amides is 3. The second kappa shape index (κ2) is 8.92. The number of carbonyl (C=O) groups excluding carboxylic acids is 4. The Balaban J connectivity index is 1.39. The van der Waals surface area contributed by atoms with Crippen LogP contribution in [0.15, 0.2) is 24.3 Å². The van der Waals surface area contributed by atoms with Crippen LogP contribution in [0.1, 0.15) is 37.2 Å². The van der Waals surface area contributed by atoms with Gasteiger partial charge in [0.25, 0.3) is 5.91 Å².